The molecule has 1 aromatic rings. The fourth-order valence-electron chi connectivity index (χ4n) is 1.74. The van der Waals surface area contributed by atoms with Crippen molar-refractivity contribution in [2.75, 3.05) is 13.6 Å². The van der Waals surface area contributed by atoms with Crippen LogP contribution in [0.5, 0.6) is 0 Å². The molecule has 0 aliphatic carbocycles. The Kier molecular flexibility index (Phi) is 5.95. The van der Waals surface area contributed by atoms with Gasteiger partial charge in [-0.2, -0.15) is 0 Å². The molecule has 0 heterocycles. The van der Waals surface area contributed by atoms with Gasteiger partial charge in [-0.3, -0.25) is 4.90 Å². The zero-order valence-corrected chi connectivity index (χ0v) is 12.8. The van der Waals surface area contributed by atoms with E-state index in [0.29, 0.717) is 6.04 Å². The van der Waals surface area contributed by atoms with Crippen molar-refractivity contribution in [3.05, 3.63) is 35.6 Å². The number of nitrogens with zero attached hydrogens (tertiary/aromatic N) is 1. The highest BCUT2D eigenvalue weighted by Gasteiger charge is 2.17. The Hall–Kier alpha value is -0.930. The van der Waals surface area contributed by atoms with E-state index in [1.165, 1.54) is 12.1 Å². The molecule has 1 unspecified atom stereocenters. The molecular formula is C16H27FN2. The van der Waals surface area contributed by atoms with Gasteiger partial charge < -0.3 is 5.32 Å². The Labute approximate surface area is 117 Å². The zero-order valence-electron chi connectivity index (χ0n) is 12.8. The third-order valence-corrected chi connectivity index (χ3v) is 3.86. The van der Waals surface area contributed by atoms with Crippen LogP contribution in [0.25, 0.3) is 0 Å². The third kappa shape index (κ3) is 5.70. The summed E-state index contributed by atoms with van der Waals surface area (Å²) in [6.07, 6.45) is 1.11. The number of hydrogen-bond donors (Lipinski definition) is 1. The molecule has 108 valence electrons. The molecule has 0 fully saturated rings. The van der Waals surface area contributed by atoms with Gasteiger partial charge in [-0.25, -0.2) is 4.39 Å². The van der Waals surface area contributed by atoms with Crippen LogP contribution in [0.2, 0.25) is 0 Å². The first-order chi connectivity index (χ1) is 8.84. The van der Waals surface area contributed by atoms with Crippen LogP contribution in [0.4, 0.5) is 4.39 Å². The average Bonchev–Trinajstić information content (AvgIpc) is 2.38. The molecule has 1 aromatic carbocycles. The Morgan fingerprint density at radius 3 is 2.37 bits per heavy atom. The van der Waals surface area contributed by atoms with Crippen molar-refractivity contribution in [1.29, 1.82) is 0 Å². The minimum atomic E-state index is -0.175. The summed E-state index contributed by atoms with van der Waals surface area (Å²) in [7, 11) is 2.11. The van der Waals surface area contributed by atoms with E-state index < -0.39 is 0 Å². The molecule has 0 aromatic heterocycles. The topological polar surface area (TPSA) is 15.3 Å². The number of likely N-dealkylation sites (N-methyl/N-ethyl adjacent to an activating group) is 1. The van der Waals surface area contributed by atoms with E-state index >= 15 is 0 Å². The van der Waals surface area contributed by atoms with E-state index in [0.717, 1.165) is 25.1 Å². The van der Waals surface area contributed by atoms with Crippen LogP contribution in [-0.2, 0) is 6.54 Å². The van der Waals surface area contributed by atoms with E-state index in [1.54, 1.807) is 0 Å². The summed E-state index contributed by atoms with van der Waals surface area (Å²) in [5, 5.41) is 3.58. The second-order valence-corrected chi connectivity index (χ2v) is 6.01. The molecule has 1 N–H and O–H groups in total. The molecular weight excluding hydrogens is 239 g/mol. The van der Waals surface area contributed by atoms with Crippen molar-refractivity contribution in [3.8, 4) is 0 Å². The molecule has 0 saturated heterocycles. The van der Waals surface area contributed by atoms with Gasteiger partial charge in [0.15, 0.2) is 0 Å². The van der Waals surface area contributed by atoms with E-state index in [1.807, 2.05) is 12.1 Å². The number of hydrogen-bond acceptors (Lipinski definition) is 2. The number of rotatable bonds is 7. The summed E-state index contributed by atoms with van der Waals surface area (Å²) < 4.78 is 12.9. The van der Waals surface area contributed by atoms with Gasteiger partial charge >= 0.3 is 0 Å². The summed E-state index contributed by atoms with van der Waals surface area (Å²) in [5.74, 6) is -0.175. The molecule has 1 rings (SSSR count). The predicted octanol–water partition coefficient (Wildman–Crippen LogP) is 3.42. The minimum absolute atomic E-state index is 0.175. The molecule has 0 aliphatic rings. The van der Waals surface area contributed by atoms with Gasteiger partial charge in [-0.1, -0.05) is 19.1 Å². The van der Waals surface area contributed by atoms with Crippen molar-refractivity contribution in [3.63, 3.8) is 0 Å². The summed E-state index contributed by atoms with van der Waals surface area (Å²) in [5.41, 5.74) is 1.33. The van der Waals surface area contributed by atoms with Crippen molar-refractivity contribution >= 4 is 0 Å². The minimum Gasteiger partial charge on any atom is -0.310 e. The summed E-state index contributed by atoms with van der Waals surface area (Å²) in [6, 6.07) is 7.18. The van der Waals surface area contributed by atoms with Crippen LogP contribution in [0, 0.1) is 5.82 Å². The Bertz CT molecular complexity index is 373. The first kappa shape index (κ1) is 16.1. The summed E-state index contributed by atoms with van der Waals surface area (Å²) >= 11 is 0. The van der Waals surface area contributed by atoms with Crippen molar-refractivity contribution in [2.45, 2.75) is 52.2 Å². The maximum absolute atomic E-state index is 12.9. The lowest BCUT2D eigenvalue weighted by Crippen LogP contribution is -2.46. The first-order valence-corrected chi connectivity index (χ1v) is 7.04. The fourth-order valence-corrected chi connectivity index (χ4v) is 1.74. The molecule has 0 radical (unpaired) electrons. The molecule has 1 atom stereocenters. The average molecular weight is 266 g/mol. The fraction of sp³-hybridized carbons (Fsp3) is 0.625. The predicted molar refractivity (Wildman–Crippen MR) is 79.7 cm³/mol. The third-order valence-electron chi connectivity index (χ3n) is 3.86. The van der Waals surface area contributed by atoms with Crippen LogP contribution >= 0.6 is 0 Å². The maximum Gasteiger partial charge on any atom is 0.123 e. The zero-order chi connectivity index (χ0) is 14.5. The van der Waals surface area contributed by atoms with E-state index in [4.69, 9.17) is 0 Å². The maximum atomic E-state index is 12.9. The molecule has 0 saturated carbocycles. The summed E-state index contributed by atoms with van der Waals surface area (Å²) in [6.45, 7) is 10.6. The molecule has 3 heteroatoms. The second-order valence-electron chi connectivity index (χ2n) is 6.01. The highest BCUT2D eigenvalue weighted by molar-refractivity contribution is 5.15. The van der Waals surface area contributed by atoms with Crippen LogP contribution in [0.1, 0.15) is 39.7 Å². The Morgan fingerprint density at radius 2 is 1.84 bits per heavy atom. The Morgan fingerprint density at radius 1 is 1.26 bits per heavy atom. The van der Waals surface area contributed by atoms with Gasteiger partial charge in [-0.05, 0) is 51.9 Å². The van der Waals surface area contributed by atoms with Gasteiger partial charge in [0, 0.05) is 24.7 Å². The molecule has 2 nitrogen and oxygen atoms in total. The van der Waals surface area contributed by atoms with Crippen molar-refractivity contribution in [2.24, 2.45) is 0 Å². The number of benzene rings is 1. The summed E-state index contributed by atoms with van der Waals surface area (Å²) in [4.78, 5) is 2.28. The monoisotopic (exact) mass is 266 g/mol. The van der Waals surface area contributed by atoms with Gasteiger partial charge in [0.25, 0.3) is 0 Å². The number of nitrogens with one attached hydrogen (secondary N) is 1. The number of halogens is 1. The van der Waals surface area contributed by atoms with E-state index in [-0.39, 0.29) is 11.4 Å². The van der Waals surface area contributed by atoms with Gasteiger partial charge in [0.05, 0.1) is 0 Å². The molecule has 19 heavy (non-hydrogen) atoms. The lowest BCUT2D eigenvalue weighted by atomic mass is 10.0. The van der Waals surface area contributed by atoms with Crippen molar-refractivity contribution in [1.82, 2.24) is 10.2 Å². The molecule has 0 bridgehead atoms. The van der Waals surface area contributed by atoms with E-state index in [9.17, 15) is 4.39 Å². The lowest BCUT2D eigenvalue weighted by Gasteiger charge is -2.31. The normalized spacial score (nSPS) is 13.8. The van der Waals surface area contributed by atoms with Gasteiger partial charge in [-0.15, -0.1) is 0 Å². The SMILES string of the molecule is CCC(C)(C)NCC(C)N(C)Cc1ccc(F)cc1. The van der Waals surface area contributed by atoms with Crippen molar-refractivity contribution < 1.29 is 4.39 Å². The lowest BCUT2D eigenvalue weighted by molar-refractivity contribution is 0.223. The second kappa shape index (κ2) is 7.01. The highest BCUT2D eigenvalue weighted by atomic mass is 19.1. The van der Waals surface area contributed by atoms with E-state index in [2.05, 4.69) is 45.0 Å². The largest absolute Gasteiger partial charge is 0.310 e. The molecule has 0 aliphatic heterocycles. The van der Waals surface area contributed by atoms with Crippen LogP contribution in [0.15, 0.2) is 24.3 Å². The first-order valence-electron chi connectivity index (χ1n) is 7.04. The van der Waals surface area contributed by atoms with Crippen LogP contribution < -0.4 is 5.32 Å². The quantitative estimate of drug-likeness (QED) is 0.813. The van der Waals surface area contributed by atoms with Crippen LogP contribution in [-0.4, -0.2) is 30.1 Å². The highest BCUT2D eigenvalue weighted by Crippen LogP contribution is 2.10. The van der Waals surface area contributed by atoms with Gasteiger partial charge in [0.2, 0.25) is 0 Å². The van der Waals surface area contributed by atoms with Crippen LogP contribution in [0.3, 0.4) is 0 Å². The van der Waals surface area contributed by atoms with Gasteiger partial charge in [0.1, 0.15) is 5.82 Å². The molecule has 0 spiro atoms. The standard InChI is InChI=1S/C16H27FN2/c1-6-16(3,4)18-11-13(2)19(5)12-14-7-9-15(17)10-8-14/h7-10,13,18H,6,11-12H2,1-5H3. The smallest absolute Gasteiger partial charge is 0.123 e. The Balaban J connectivity index is 2.44. The molecule has 0 amide bonds.